The number of aryl methyl sites for hydroxylation is 1. The molecule has 1 aromatic heterocycles. The van der Waals surface area contributed by atoms with Crippen LogP contribution in [0.2, 0.25) is 0 Å². The molecule has 0 bridgehead atoms. The van der Waals surface area contributed by atoms with Crippen LogP contribution < -0.4 is 10.6 Å². The molecule has 5 rings (SSSR count). The van der Waals surface area contributed by atoms with Gasteiger partial charge in [0, 0.05) is 48.8 Å². The Morgan fingerprint density at radius 2 is 1.86 bits per heavy atom. The SMILES string of the molecule is CNC1CCN(Cc2cc(NC(=O)c3cccc(-c4ccccc4)c3)cc(-n3cnc(C)c3)c2)C1. The number of likely N-dealkylation sites (N-methyl/N-ethyl adjacent to an activating group) is 1. The number of carbonyl (C=O) groups excluding carboxylic acids is 1. The van der Waals surface area contributed by atoms with E-state index in [0.29, 0.717) is 11.6 Å². The molecule has 1 aliphatic heterocycles. The molecule has 3 aromatic carbocycles. The molecular formula is C29H31N5O. The standard InChI is InChI=1S/C29H31N5O/c1-21-17-34(20-31-21)28-14-22(18-33-12-11-26(19-33)30-2)13-27(16-28)32-29(35)25-10-6-9-24(15-25)23-7-4-3-5-8-23/h3-10,13-17,20,26,30H,11-12,18-19H2,1-2H3,(H,32,35). The van der Waals surface area contributed by atoms with Crippen LogP contribution in [0.4, 0.5) is 5.69 Å². The Bertz CT molecular complexity index is 1310. The van der Waals surface area contributed by atoms with Gasteiger partial charge in [0.15, 0.2) is 0 Å². The van der Waals surface area contributed by atoms with Crippen LogP contribution in [-0.2, 0) is 6.54 Å². The third-order valence-electron chi connectivity index (χ3n) is 6.56. The first-order chi connectivity index (χ1) is 17.1. The van der Waals surface area contributed by atoms with Crippen molar-refractivity contribution in [3.63, 3.8) is 0 Å². The van der Waals surface area contributed by atoms with Crippen molar-refractivity contribution in [3.8, 4) is 16.8 Å². The molecule has 6 heteroatoms. The third kappa shape index (κ3) is 5.50. The number of imidazole rings is 1. The van der Waals surface area contributed by atoms with Gasteiger partial charge in [0.25, 0.3) is 5.91 Å². The van der Waals surface area contributed by atoms with E-state index < -0.39 is 0 Å². The first-order valence-corrected chi connectivity index (χ1v) is 12.1. The quantitative estimate of drug-likeness (QED) is 0.408. The van der Waals surface area contributed by atoms with E-state index in [4.69, 9.17) is 0 Å². The molecule has 2 heterocycles. The highest BCUT2D eigenvalue weighted by Gasteiger charge is 2.21. The highest BCUT2D eigenvalue weighted by atomic mass is 16.1. The second-order valence-corrected chi connectivity index (χ2v) is 9.22. The molecule has 1 saturated heterocycles. The van der Waals surface area contributed by atoms with Crippen LogP contribution in [0.25, 0.3) is 16.8 Å². The molecule has 2 N–H and O–H groups in total. The summed E-state index contributed by atoms with van der Waals surface area (Å²) in [5, 5.41) is 6.52. The lowest BCUT2D eigenvalue weighted by molar-refractivity contribution is 0.102. The number of hydrogen-bond acceptors (Lipinski definition) is 4. The maximum atomic E-state index is 13.2. The van der Waals surface area contributed by atoms with Crippen LogP contribution >= 0.6 is 0 Å². The van der Waals surface area contributed by atoms with Gasteiger partial charge in [0.05, 0.1) is 12.0 Å². The predicted molar refractivity (Wildman–Crippen MR) is 141 cm³/mol. The molecule has 0 spiro atoms. The van der Waals surface area contributed by atoms with Crippen LogP contribution in [0.5, 0.6) is 0 Å². The van der Waals surface area contributed by atoms with Gasteiger partial charge in [0.2, 0.25) is 0 Å². The normalized spacial score (nSPS) is 15.9. The van der Waals surface area contributed by atoms with Crippen molar-refractivity contribution in [2.75, 3.05) is 25.5 Å². The van der Waals surface area contributed by atoms with Crippen molar-refractivity contribution in [3.05, 3.63) is 102 Å². The molecule has 1 atom stereocenters. The smallest absolute Gasteiger partial charge is 0.255 e. The number of benzene rings is 3. The average Bonchev–Trinajstić information content (AvgIpc) is 3.53. The largest absolute Gasteiger partial charge is 0.322 e. The van der Waals surface area contributed by atoms with Crippen LogP contribution in [0.15, 0.2) is 85.3 Å². The summed E-state index contributed by atoms with van der Waals surface area (Å²) in [6.07, 6.45) is 4.97. The fourth-order valence-electron chi connectivity index (χ4n) is 4.69. The number of nitrogens with one attached hydrogen (secondary N) is 2. The van der Waals surface area contributed by atoms with Gasteiger partial charge >= 0.3 is 0 Å². The molecular weight excluding hydrogens is 434 g/mol. The number of rotatable bonds is 7. The topological polar surface area (TPSA) is 62.2 Å². The Balaban J connectivity index is 1.41. The first kappa shape index (κ1) is 23.0. The van der Waals surface area contributed by atoms with Gasteiger partial charge in [-0.25, -0.2) is 4.98 Å². The van der Waals surface area contributed by atoms with Crippen LogP contribution in [0.1, 0.15) is 28.0 Å². The van der Waals surface area contributed by atoms with E-state index in [1.807, 2.05) is 79.6 Å². The minimum Gasteiger partial charge on any atom is -0.322 e. The van der Waals surface area contributed by atoms with Crippen molar-refractivity contribution >= 4 is 11.6 Å². The Labute approximate surface area is 206 Å². The Hall–Kier alpha value is -3.74. The van der Waals surface area contributed by atoms with Gasteiger partial charge in [-0.05, 0) is 67.4 Å². The van der Waals surface area contributed by atoms with Gasteiger partial charge in [-0.1, -0.05) is 42.5 Å². The summed E-state index contributed by atoms with van der Waals surface area (Å²) in [7, 11) is 2.02. The Morgan fingerprint density at radius 3 is 2.60 bits per heavy atom. The lowest BCUT2D eigenvalue weighted by Crippen LogP contribution is -2.29. The summed E-state index contributed by atoms with van der Waals surface area (Å²) in [5.41, 5.74) is 6.63. The number of carbonyl (C=O) groups is 1. The van der Waals surface area contributed by atoms with Gasteiger partial charge in [-0.2, -0.15) is 0 Å². The summed E-state index contributed by atoms with van der Waals surface area (Å²) >= 11 is 0. The fourth-order valence-corrected chi connectivity index (χ4v) is 4.69. The first-order valence-electron chi connectivity index (χ1n) is 12.1. The van der Waals surface area contributed by atoms with Crippen molar-refractivity contribution in [2.24, 2.45) is 0 Å². The molecule has 0 saturated carbocycles. The Morgan fingerprint density at radius 1 is 1.03 bits per heavy atom. The predicted octanol–water partition coefficient (Wildman–Crippen LogP) is 4.89. The fraction of sp³-hybridized carbons (Fsp3) is 0.241. The molecule has 0 radical (unpaired) electrons. The number of likely N-dealkylation sites (tertiary alicyclic amines) is 1. The van der Waals surface area contributed by atoms with E-state index in [-0.39, 0.29) is 5.91 Å². The van der Waals surface area contributed by atoms with Gasteiger partial charge in [-0.3, -0.25) is 9.69 Å². The monoisotopic (exact) mass is 465 g/mol. The van der Waals surface area contributed by atoms with E-state index in [1.165, 1.54) is 5.56 Å². The van der Waals surface area contributed by atoms with Gasteiger partial charge in [-0.15, -0.1) is 0 Å². The molecule has 178 valence electrons. The van der Waals surface area contributed by atoms with Gasteiger partial charge in [0.1, 0.15) is 0 Å². The maximum Gasteiger partial charge on any atom is 0.255 e. The highest BCUT2D eigenvalue weighted by Crippen LogP contribution is 2.24. The van der Waals surface area contributed by atoms with E-state index >= 15 is 0 Å². The minimum atomic E-state index is -0.121. The van der Waals surface area contributed by atoms with E-state index in [0.717, 1.165) is 54.3 Å². The second-order valence-electron chi connectivity index (χ2n) is 9.22. The number of nitrogens with zero attached hydrogens (tertiary/aromatic N) is 3. The second kappa shape index (κ2) is 10.3. The minimum absolute atomic E-state index is 0.121. The molecule has 1 unspecified atom stereocenters. The molecule has 4 aromatic rings. The van der Waals surface area contributed by atoms with Gasteiger partial charge < -0.3 is 15.2 Å². The van der Waals surface area contributed by atoms with Crippen LogP contribution in [0.3, 0.4) is 0 Å². The summed E-state index contributed by atoms with van der Waals surface area (Å²) < 4.78 is 2.00. The van der Waals surface area contributed by atoms with Crippen molar-refractivity contribution in [2.45, 2.75) is 25.9 Å². The lowest BCUT2D eigenvalue weighted by atomic mass is 10.0. The summed E-state index contributed by atoms with van der Waals surface area (Å²) in [5.74, 6) is -0.121. The van der Waals surface area contributed by atoms with E-state index in [2.05, 4.69) is 44.8 Å². The maximum absolute atomic E-state index is 13.2. The molecule has 6 nitrogen and oxygen atoms in total. The van der Waals surface area contributed by atoms with Crippen molar-refractivity contribution in [1.82, 2.24) is 19.8 Å². The van der Waals surface area contributed by atoms with Crippen molar-refractivity contribution in [1.29, 1.82) is 0 Å². The zero-order valence-electron chi connectivity index (χ0n) is 20.2. The van der Waals surface area contributed by atoms with E-state index in [9.17, 15) is 4.79 Å². The molecule has 0 aliphatic carbocycles. The Kier molecular flexibility index (Phi) is 6.75. The molecule has 1 fully saturated rings. The number of aromatic nitrogens is 2. The lowest BCUT2D eigenvalue weighted by Gasteiger charge is -2.18. The zero-order valence-corrected chi connectivity index (χ0v) is 20.2. The average molecular weight is 466 g/mol. The number of hydrogen-bond donors (Lipinski definition) is 2. The summed E-state index contributed by atoms with van der Waals surface area (Å²) in [4.78, 5) is 20.1. The number of amides is 1. The highest BCUT2D eigenvalue weighted by molar-refractivity contribution is 6.05. The summed E-state index contributed by atoms with van der Waals surface area (Å²) in [6, 6.07) is 24.7. The van der Waals surface area contributed by atoms with Crippen LogP contribution in [-0.4, -0.2) is 46.5 Å². The third-order valence-corrected chi connectivity index (χ3v) is 6.56. The molecule has 1 aliphatic rings. The molecule has 1 amide bonds. The zero-order chi connectivity index (χ0) is 24.2. The molecule has 35 heavy (non-hydrogen) atoms. The van der Waals surface area contributed by atoms with Crippen LogP contribution in [0, 0.1) is 6.92 Å². The van der Waals surface area contributed by atoms with Crippen molar-refractivity contribution < 1.29 is 4.79 Å². The number of anilines is 1. The van der Waals surface area contributed by atoms with E-state index in [1.54, 1.807) is 0 Å². The summed E-state index contributed by atoms with van der Waals surface area (Å²) in [6.45, 7) is 4.91.